The predicted molar refractivity (Wildman–Crippen MR) is 170 cm³/mol. The van der Waals surface area contributed by atoms with Gasteiger partial charge >= 0.3 is 0 Å². The molecule has 1 amide bonds. The first-order valence-electron chi connectivity index (χ1n) is 13.6. The molecule has 3 rings (SSSR count). The highest BCUT2D eigenvalue weighted by atomic mass is 35.5. The molecule has 3 N–H and O–H groups in total. The second-order valence-corrected chi connectivity index (χ2v) is 10.6. The molecule has 41 heavy (non-hydrogen) atoms. The van der Waals surface area contributed by atoms with Gasteiger partial charge in [-0.25, -0.2) is 4.98 Å². The van der Waals surface area contributed by atoms with Crippen LogP contribution in [0.2, 0.25) is 5.02 Å². The van der Waals surface area contributed by atoms with E-state index in [2.05, 4.69) is 96.8 Å². The lowest BCUT2D eigenvalue weighted by molar-refractivity contribution is -0.111. The first-order valence-corrected chi connectivity index (χ1v) is 14.0. The van der Waals surface area contributed by atoms with Gasteiger partial charge in [0, 0.05) is 11.8 Å². The molecule has 8 nitrogen and oxygen atoms in total. The van der Waals surface area contributed by atoms with E-state index in [-0.39, 0.29) is 11.4 Å². The van der Waals surface area contributed by atoms with Crippen LogP contribution >= 0.6 is 11.6 Å². The third kappa shape index (κ3) is 8.00. The van der Waals surface area contributed by atoms with Gasteiger partial charge in [0.25, 0.3) is 0 Å². The summed E-state index contributed by atoms with van der Waals surface area (Å²) in [5.74, 6) is 7.81. The monoisotopic (exact) mass is 574 g/mol. The van der Waals surface area contributed by atoms with Crippen molar-refractivity contribution in [2.24, 2.45) is 0 Å². The summed E-state index contributed by atoms with van der Waals surface area (Å²) in [5.41, 5.74) is 3.32. The number of aromatic nitrogens is 2. The van der Waals surface area contributed by atoms with Crippen molar-refractivity contribution in [2.45, 2.75) is 53.0 Å². The minimum absolute atomic E-state index is 0.291. The third-order valence-electron chi connectivity index (χ3n) is 6.67. The molecule has 1 heterocycles. The zero-order valence-electron chi connectivity index (χ0n) is 24.9. The summed E-state index contributed by atoms with van der Waals surface area (Å²) in [5, 5.41) is 9.77. The Balaban J connectivity index is 2.02. The van der Waals surface area contributed by atoms with Crippen LogP contribution in [-0.2, 0) is 4.79 Å². The Morgan fingerprint density at radius 1 is 1.15 bits per heavy atom. The van der Waals surface area contributed by atoms with Gasteiger partial charge in [-0.2, -0.15) is 4.98 Å². The molecule has 3 aromatic rings. The Labute approximate surface area is 248 Å². The number of ether oxygens (including phenoxy) is 1. The van der Waals surface area contributed by atoms with Crippen molar-refractivity contribution in [3.05, 3.63) is 71.4 Å². The summed E-state index contributed by atoms with van der Waals surface area (Å²) in [6.07, 6.45) is 2.74. The van der Waals surface area contributed by atoms with E-state index in [1.54, 1.807) is 19.2 Å². The lowest BCUT2D eigenvalue weighted by atomic mass is 10.0. The fraction of sp³-hybridized carbons (Fsp3) is 0.344. The fourth-order valence-corrected chi connectivity index (χ4v) is 4.57. The quantitative estimate of drug-likeness (QED) is 0.163. The number of para-hydroxylation sites is 1. The van der Waals surface area contributed by atoms with Crippen molar-refractivity contribution in [3.63, 3.8) is 0 Å². The molecule has 0 unspecified atom stereocenters. The molecule has 2 aromatic carbocycles. The number of nitrogens with one attached hydrogen (secondary N) is 3. The first-order chi connectivity index (χ1) is 19.5. The summed E-state index contributed by atoms with van der Waals surface area (Å²) >= 11 is 6.46. The zero-order chi connectivity index (χ0) is 30.2. The molecule has 0 saturated carbocycles. The number of rotatable bonds is 11. The van der Waals surface area contributed by atoms with Crippen LogP contribution in [0.1, 0.15) is 58.6 Å². The summed E-state index contributed by atoms with van der Waals surface area (Å²) < 4.78 is 5.69. The average molecular weight is 575 g/mol. The molecule has 1 aromatic heterocycles. The highest BCUT2D eigenvalue weighted by Gasteiger charge is 2.22. The number of hydrogen-bond acceptors (Lipinski definition) is 7. The van der Waals surface area contributed by atoms with Gasteiger partial charge < -0.3 is 20.7 Å². The lowest BCUT2D eigenvalue weighted by Crippen LogP contribution is -2.42. The molecule has 0 atom stereocenters. The Kier molecular flexibility index (Phi) is 10.8. The van der Waals surface area contributed by atoms with Gasteiger partial charge in [-0.05, 0) is 56.6 Å². The van der Waals surface area contributed by atoms with E-state index in [9.17, 15) is 4.79 Å². The molecule has 0 aliphatic rings. The van der Waals surface area contributed by atoms with Crippen molar-refractivity contribution >= 4 is 46.3 Å². The Morgan fingerprint density at radius 3 is 2.49 bits per heavy atom. The van der Waals surface area contributed by atoms with Crippen molar-refractivity contribution in [1.29, 1.82) is 0 Å². The normalized spacial score (nSPS) is 11.1. The standard InChI is InChI=1S/C32H39ClN6O2/c1-9-29(40)35-26-19-27(28(41-8)18-22(26)16-17-32(6,7)39(10-2)11-3)37-31-34-20-24(33)30(38-31)36-25-15-13-12-14-23(25)21(4)5/h9,12-15,18-21H,1,10-11H2,2-8H3,(H,35,40)(H2,34,36,37,38). The molecule has 0 saturated heterocycles. The largest absolute Gasteiger partial charge is 0.495 e. The molecule has 0 fully saturated rings. The van der Waals surface area contributed by atoms with Crippen LogP contribution in [0.4, 0.5) is 28.8 Å². The molecular weight excluding hydrogens is 536 g/mol. The van der Waals surface area contributed by atoms with Crippen molar-refractivity contribution in [3.8, 4) is 17.6 Å². The number of amides is 1. The van der Waals surface area contributed by atoms with E-state index in [1.165, 1.54) is 12.3 Å². The zero-order valence-corrected chi connectivity index (χ0v) is 25.6. The van der Waals surface area contributed by atoms with Crippen LogP contribution in [0.5, 0.6) is 5.75 Å². The number of nitrogens with zero attached hydrogens (tertiary/aromatic N) is 3. The van der Waals surface area contributed by atoms with Gasteiger partial charge in [0.15, 0.2) is 5.82 Å². The number of carbonyl (C=O) groups is 1. The summed E-state index contributed by atoms with van der Waals surface area (Å²) in [7, 11) is 1.57. The molecule has 0 bridgehead atoms. The van der Waals surface area contributed by atoms with Crippen LogP contribution in [0, 0.1) is 11.8 Å². The van der Waals surface area contributed by atoms with Crippen LogP contribution < -0.4 is 20.7 Å². The summed E-state index contributed by atoms with van der Waals surface area (Å²) in [6.45, 7) is 17.9. The van der Waals surface area contributed by atoms with Gasteiger partial charge in [0.2, 0.25) is 11.9 Å². The fourth-order valence-electron chi connectivity index (χ4n) is 4.43. The van der Waals surface area contributed by atoms with E-state index in [0.29, 0.717) is 45.4 Å². The van der Waals surface area contributed by atoms with Crippen LogP contribution in [0.15, 0.2) is 55.3 Å². The average Bonchev–Trinajstić information content (AvgIpc) is 2.95. The lowest BCUT2D eigenvalue weighted by Gasteiger charge is -2.32. The van der Waals surface area contributed by atoms with Crippen molar-refractivity contribution in [2.75, 3.05) is 36.1 Å². The first kappa shape index (κ1) is 31.5. The minimum atomic E-state index is -0.373. The number of methoxy groups -OCH3 is 1. The Hall–Kier alpha value is -4.06. The maximum Gasteiger partial charge on any atom is 0.247 e. The number of carbonyl (C=O) groups excluding carboxylic acids is 1. The summed E-state index contributed by atoms with van der Waals surface area (Å²) in [4.78, 5) is 23.5. The molecule has 0 aliphatic heterocycles. The third-order valence-corrected chi connectivity index (χ3v) is 6.94. The molecule has 0 radical (unpaired) electrons. The minimum Gasteiger partial charge on any atom is -0.495 e. The van der Waals surface area contributed by atoms with Crippen LogP contribution in [-0.4, -0.2) is 46.5 Å². The van der Waals surface area contributed by atoms with Gasteiger partial charge in [0.1, 0.15) is 10.8 Å². The van der Waals surface area contributed by atoms with Crippen LogP contribution in [0.25, 0.3) is 0 Å². The second-order valence-electron chi connectivity index (χ2n) is 10.2. The SMILES string of the molecule is C=CC(=O)Nc1cc(Nc2ncc(Cl)c(Nc3ccccc3C(C)C)n2)c(OC)cc1C#CC(C)(C)N(CC)CC. The van der Waals surface area contributed by atoms with Crippen LogP contribution in [0.3, 0.4) is 0 Å². The van der Waals surface area contributed by atoms with E-state index < -0.39 is 0 Å². The second kappa shape index (κ2) is 14.0. The molecule has 0 spiro atoms. The maximum absolute atomic E-state index is 12.3. The van der Waals surface area contributed by atoms with E-state index in [0.717, 1.165) is 24.3 Å². The number of hydrogen-bond donors (Lipinski definition) is 3. The number of benzene rings is 2. The number of anilines is 5. The molecular formula is C32H39ClN6O2. The Morgan fingerprint density at radius 2 is 1.85 bits per heavy atom. The molecule has 216 valence electrons. The van der Waals surface area contributed by atoms with E-state index >= 15 is 0 Å². The smallest absolute Gasteiger partial charge is 0.247 e. The van der Waals surface area contributed by atoms with Gasteiger partial charge in [-0.15, -0.1) is 0 Å². The summed E-state index contributed by atoms with van der Waals surface area (Å²) in [6, 6.07) is 11.5. The van der Waals surface area contributed by atoms with E-state index in [4.69, 9.17) is 16.3 Å². The predicted octanol–water partition coefficient (Wildman–Crippen LogP) is 7.35. The van der Waals surface area contributed by atoms with Gasteiger partial charge in [-0.1, -0.05) is 75.9 Å². The van der Waals surface area contributed by atoms with Crippen molar-refractivity contribution in [1.82, 2.24) is 14.9 Å². The Bertz CT molecular complexity index is 1450. The number of halogens is 1. The van der Waals surface area contributed by atoms with Gasteiger partial charge in [-0.3, -0.25) is 9.69 Å². The van der Waals surface area contributed by atoms with Crippen molar-refractivity contribution < 1.29 is 9.53 Å². The molecule has 0 aliphatic carbocycles. The maximum atomic E-state index is 12.3. The highest BCUT2D eigenvalue weighted by molar-refractivity contribution is 6.32. The van der Waals surface area contributed by atoms with E-state index in [1.807, 2.05) is 18.2 Å². The topological polar surface area (TPSA) is 91.4 Å². The van der Waals surface area contributed by atoms with Gasteiger partial charge in [0.05, 0.1) is 35.8 Å². The highest BCUT2D eigenvalue weighted by Crippen LogP contribution is 2.35. The molecule has 9 heteroatoms.